The molecule has 1 aromatic carbocycles. The maximum atomic E-state index is 12.9. The first kappa shape index (κ1) is 22.2. The first-order valence-corrected chi connectivity index (χ1v) is 9.29. The fourth-order valence-electron chi connectivity index (χ4n) is 1.92. The largest absolute Gasteiger partial charge is 0.494 e. The quantitative estimate of drug-likeness (QED) is 0.525. The third-order valence-corrected chi connectivity index (χ3v) is 4.45. The molecule has 0 heterocycles. The summed E-state index contributed by atoms with van der Waals surface area (Å²) in [5.74, 6) is 0.192. The maximum absolute atomic E-state index is 12.9. The molecule has 0 aliphatic carbocycles. The molecule has 0 spiro atoms. The van der Waals surface area contributed by atoms with Crippen LogP contribution in [-0.2, 0) is 0 Å². The first-order chi connectivity index (χ1) is 12.3. The monoisotopic (exact) mass is 387 g/mol. The van der Waals surface area contributed by atoms with Gasteiger partial charge in [-0.2, -0.15) is 13.2 Å². The molecule has 1 N–H and O–H groups in total. The number of carbonyl (C=O) groups excluding carboxylic acids is 1. The van der Waals surface area contributed by atoms with E-state index in [2.05, 4.69) is 12.2 Å². The zero-order valence-electron chi connectivity index (χ0n) is 15.2. The number of thioether (sulfide) groups is 1. The van der Waals surface area contributed by atoms with Crippen molar-refractivity contribution >= 4 is 17.7 Å². The van der Waals surface area contributed by atoms with E-state index in [0.29, 0.717) is 36.1 Å². The summed E-state index contributed by atoms with van der Waals surface area (Å²) >= 11 is 0.502. The Balaban J connectivity index is 2.77. The molecule has 3 nitrogen and oxygen atoms in total. The fraction of sp³-hybridized carbons (Fsp3) is 0.421. The van der Waals surface area contributed by atoms with E-state index < -0.39 is 17.0 Å². The Bertz CT molecular complexity index is 637. The summed E-state index contributed by atoms with van der Waals surface area (Å²) in [6.45, 7) is 5.77. The minimum Gasteiger partial charge on any atom is -0.494 e. The van der Waals surface area contributed by atoms with Crippen molar-refractivity contribution < 1.29 is 22.7 Å². The van der Waals surface area contributed by atoms with Crippen LogP contribution < -0.4 is 10.1 Å². The van der Waals surface area contributed by atoms with E-state index in [0.717, 1.165) is 18.9 Å². The number of nitrogens with one attached hydrogen (secondary N) is 1. The highest BCUT2D eigenvalue weighted by Crippen LogP contribution is 2.37. The molecular formula is C19H24F3NO2S. The van der Waals surface area contributed by atoms with E-state index in [1.165, 1.54) is 6.92 Å². The van der Waals surface area contributed by atoms with Crippen LogP contribution in [-0.4, -0.2) is 18.7 Å². The zero-order valence-corrected chi connectivity index (χ0v) is 16.0. The van der Waals surface area contributed by atoms with Gasteiger partial charge in [-0.15, -0.1) is 0 Å². The summed E-state index contributed by atoms with van der Waals surface area (Å²) in [5, 5.41) is 2.70. The second kappa shape index (κ2) is 11.0. The van der Waals surface area contributed by atoms with Crippen LogP contribution >= 0.6 is 11.8 Å². The average molecular weight is 387 g/mol. The van der Waals surface area contributed by atoms with Crippen LogP contribution in [0, 0.1) is 0 Å². The van der Waals surface area contributed by atoms with Crippen molar-refractivity contribution in [3.8, 4) is 5.75 Å². The number of carbonyl (C=O) groups is 1. The predicted molar refractivity (Wildman–Crippen MR) is 100 cm³/mol. The molecule has 0 aliphatic rings. The number of hydrogen-bond acceptors (Lipinski definition) is 3. The van der Waals surface area contributed by atoms with Crippen LogP contribution in [0.25, 0.3) is 0 Å². The van der Waals surface area contributed by atoms with E-state index >= 15 is 0 Å². The number of rotatable bonds is 9. The molecule has 0 saturated carbocycles. The van der Waals surface area contributed by atoms with Gasteiger partial charge in [0.05, 0.1) is 16.5 Å². The minimum absolute atomic E-state index is 0.159. The van der Waals surface area contributed by atoms with Gasteiger partial charge in [0.25, 0.3) is 5.91 Å². The van der Waals surface area contributed by atoms with Crippen molar-refractivity contribution in [2.24, 2.45) is 0 Å². The molecule has 0 aromatic heterocycles. The van der Waals surface area contributed by atoms with Gasteiger partial charge in [-0.1, -0.05) is 44.2 Å². The van der Waals surface area contributed by atoms with Gasteiger partial charge < -0.3 is 10.1 Å². The molecule has 0 fully saturated rings. The Morgan fingerprint density at radius 1 is 1.23 bits per heavy atom. The summed E-state index contributed by atoms with van der Waals surface area (Å²) in [6, 6.07) is 6.53. The molecule has 144 valence electrons. The van der Waals surface area contributed by atoms with Gasteiger partial charge in [-0.05, 0) is 44.0 Å². The molecular weight excluding hydrogens is 363 g/mol. The summed E-state index contributed by atoms with van der Waals surface area (Å²) < 4.78 is 44.3. The Morgan fingerprint density at radius 2 is 1.88 bits per heavy atom. The lowest BCUT2D eigenvalue weighted by Gasteiger charge is -2.14. The van der Waals surface area contributed by atoms with Crippen molar-refractivity contribution in [2.45, 2.75) is 46.2 Å². The molecule has 0 atom stereocenters. The molecule has 1 aromatic rings. The molecule has 0 unspecified atom stereocenters. The predicted octanol–water partition coefficient (Wildman–Crippen LogP) is 6.05. The standard InChI is InChI=1S/C19H24F3NO2S/c1-4-7-13-25-15-11-9-14(10-12-15)18(24)23-17(8-5-2)26-16(6-3)19(20,21)22/h6,8-12H,4-5,7,13H2,1-3H3,(H,23,24)/b16-6-,17-8+. The van der Waals surface area contributed by atoms with Crippen LogP contribution in [0.15, 0.2) is 46.4 Å². The second-order valence-electron chi connectivity index (χ2n) is 5.41. The van der Waals surface area contributed by atoms with Crippen LogP contribution in [0.2, 0.25) is 0 Å². The lowest BCUT2D eigenvalue weighted by Crippen LogP contribution is -2.22. The smallest absolute Gasteiger partial charge is 0.422 e. The molecule has 1 rings (SSSR count). The van der Waals surface area contributed by atoms with Gasteiger partial charge >= 0.3 is 6.18 Å². The van der Waals surface area contributed by atoms with Gasteiger partial charge in [-0.3, -0.25) is 4.79 Å². The summed E-state index contributed by atoms with van der Waals surface area (Å²) in [4.78, 5) is 11.5. The Labute approximate surface area is 156 Å². The van der Waals surface area contributed by atoms with E-state index in [4.69, 9.17) is 4.74 Å². The van der Waals surface area contributed by atoms with Crippen molar-refractivity contribution in [1.82, 2.24) is 5.32 Å². The normalized spacial score (nSPS) is 12.8. The molecule has 0 aliphatic heterocycles. The van der Waals surface area contributed by atoms with Crippen LogP contribution in [0.1, 0.15) is 50.4 Å². The van der Waals surface area contributed by atoms with Gasteiger partial charge in [-0.25, -0.2) is 0 Å². The van der Waals surface area contributed by atoms with Crippen molar-refractivity contribution in [2.75, 3.05) is 6.61 Å². The number of amides is 1. The molecule has 0 bridgehead atoms. The summed E-state index contributed by atoms with van der Waals surface area (Å²) in [7, 11) is 0. The number of alkyl halides is 3. The molecule has 26 heavy (non-hydrogen) atoms. The second-order valence-corrected chi connectivity index (χ2v) is 6.49. The van der Waals surface area contributed by atoms with Crippen molar-refractivity contribution in [3.05, 3.63) is 51.9 Å². The molecule has 1 amide bonds. The van der Waals surface area contributed by atoms with Gasteiger partial charge in [0.15, 0.2) is 0 Å². The highest BCUT2D eigenvalue weighted by atomic mass is 32.2. The average Bonchev–Trinajstić information content (AvgIpc) is 2.59. The Morgan fingerprint density at radius 3 is 2.38 bits per heavy atom. The number of halogens is 3. The summed E-state index contributed by atoms with van der Waals surface area (Å²) in [5.41, 5.74) is 0.351. The van der Waals surface area contributed by atoms with E-state index in [1.54, 1.807) is 37.3 Å². The summed E-state index contributed by atoms with van der Waals surface area (Å²) in [6.07, 6.45) is 0.562. The van der Waals surface area contributed by atoms with Gasteiger partial charge in [0, 0.05) is 5.56 Å². The number of allylic oxidation sites excluding steroid dienone is 3. The lowest BCUT2D eigenvalue weighted by atomic mass is 10.2. The van der Waals surface area contributed by atoms with E-state index in [-0.39, 0.29) is 5.03 Å². The maximum Gasteiger partial charge on any atom is 0.422 e. The first-order valence-electron chi connectivity index (χ1n) is 8.47. The fourth-order valence-corrected chi connectivity index (χ4v) is 2.79. The van der Waals surface area contributed by atoms with Gasteiger partial charge in [0.1, 0.15) is 5.75 Å². The SMILES string of the molecule is C/C=C(\S/C(=C/CC)NC(=O)c1ccc(OCCCC)cc1)C(F)(F)F. The molecule has 0 radical (unpaired) electrons. The van der Waals surface area contributed by atoms with Crippen LogP contribution in [0.5, 0.6) is 5.75 Å². The lowest BCUT2D eigenvalue weighted by molar-refractivity contribution is -0.0836. The highest BCUT2D eigenvalue weighted by Gasteiger charge is 2.34. The third-order valence-electron chi connectivity index (χ3n) is 3.27. The zero-order chi connectivity index (χ0) is 19.6. The van der Waals surface area contributed by atoms with E-state index in [1.807, 2.05) is 0 Å². The van der Waals surface area contributed by atoms with Crippen LogP contribution in [0.3, 0.4) is 0 Å². The van der Waals surface area contributed by atoms with Crippen molar-refractivity contribution in [1.29, 1.82) is 0 Å². The molecule has 7 heteroatoms. The van der Waals surface area contributed by atoms with Gasteiger partial charge in [0.2, 0.25) is 0 Å². The Kier molecular flexibility index (Phi) is 9.34. The number of ether oxygens (including phenoxy) is 1. The highest BCUT2D eigenvalue weighted by molar-refractivity contribution is 8.06. The minimum atomic E-state index is -4.45. The topological polar surface area (TPSA) is 38.3 Å². The van der Waals surface area contributed by atoms with Crippen LogP contribution in [0.4, 0.5) is 13.2 Å². The molecule has 0 saturated heterocycles. The van der Waals surface area contributed by atoms with Crippen molar-refractivity contribution in [3.63, 3.8) is 0 Å². The number of benzene rings is 1. The third kappa shape index (κ3) is 7.56. The van der Waals surface area contributed by atoms with E-state index in [9.17, 15) is 18.0 Å². The number of hydrogen-bond donors (Lipinski definition) is 1. The Hall–Kier alpha value is -1.89. The number of unbranched alkanes of at least 4 members (excludes halogenated alkanes) is 1.